The molecule has 0 aliphatic carbocycles. The van der Waals surface area contributed by atoms with Crippen LogP contribution in [0.3, 0.4) is 0 Å². The van der Waals surface area contributed by atoms with E-state index >= 15 is 0 Å². The first kappa shape index (κ1) is 36.1. The van der Waals surface area contributed by atoms with Gasteiger partial charge in [-0.3, -0.25) is 14.4 Å². The number of oxime groups is 1. The summed E-state index contributed by atoms with van der Waals surface area (Å²) in [5.41, 5.74) is 11.7. The van der Waals surface area contributed by atoms with Crippen LogP contribution in [-0.4, -0.2) is 85.1 Å². The first-order valence-corrected chi connectivity index (χ1v) is 16.8. The average molecular weight is 705 g/mol. The van der Waals surface area contributed by atoms with Crippen molar-refractivity contribution in [2.24, 2.45) is 11.1 Å². The number of carboxylic acids is 1. The minimum absolute atomic E-state index is 0.111. The van der Waals surface area contributed by atoms with Crippen LogP contribution in [0.5, 0.6) is 0 Å². The lowest BCUT2D eigenvalue weighted by molar-refractivity contribution is -0.142. The summed E-state index contributed by atoms with van der Waals surface area (Å²) >= 11 is 0. The highest BCUT2D eigenvalue weighted by Gasteiger charge is 2.35. The molecule has 0 radical (unpaired) electrons. The van der Waals surface area contributed by atoms with E-state index in [1.807, 2.05) is 67.7 Å². The van der Waals surface area contributed by atoms with Crippen molar-refractivity contribution in [2.45, 2.75) is 25.9 Å². The number of aliphatic carboxylic acids is 1. The molecule has 0 saturated carbocycles. The number of hydrogen-bond acceptors (Lipinski definition) is 10. The molecule has 4 aromatic carbocycles. The fourth-order valence-corrected chi connectivity index (χ4v) is 7.01. The molecule has 8 rings (SSSR count). The molecule has 0 bridgehead atoms. The lowest BCUT2D eigenvalue weighted by Crippen LogP contribution is -2.27. The maximum absolute atomic E-state index is 12.4. The van der Waals surface area contributed by atoms with Gasteiger partial charge in [-0.1, -0.05) is 65.8 Å². The number of carbonyl (C=O) groups excluding carboxylic acids is 3. The zero-order valence-electron chi connectivity index (χ0n) is 29.2. The summed E-state index contributed by atoms with van der Waals surface area (Å²) in [6.07, 6.45) is 1.81. The number of benzene rings is 4. The number of nitrogens with two attached hydrogens (primary N) is 1. The van der Waals surface area contributed by atoms with Crippen LogP contribution >= 0.6 is 0 Å². The van der Waals surface area contributed by atoms with Crippen LogP contribution in [0, 0.1) is 0 Å². The number of nitrogens with zero attached hydrogens (tertiary/aromatic N) is 3. The highest BCUT2D eigenvalue weighted by molar-refractivity contribution is 6.54. The van der Waals surface area contributed by atoms with E-state index in [9.17, 15) is 19.2 Å². The van der Waals surface area contributed by atoms with Crippen molar-refractivity contribution in [1.82, 2.24) is 9.80 Å². The van der Waals surface area contributed by atoms with Gasteiger partial charge in [0.25, 0.3) is 17.6 Å². The number of likely N-dealkylation sites (N-methyl/N-ethyl adjacent to an activating group) is 2. The van der Waals surface area contributed by atoms with Crippen molar-refractivity contribution in [1.29, 1.82) is 0 Å². The third-order valence-corrected chi connectivity index (χ3v) is 9.35. The molecule has 0 spiro atoms. The SMILES string of the molecule is CN1CCc2c(-c3ccccc3)cc3c(c2C1)NC(=O)/C3=N\OCC(=O)O.CN1CCc2c(-c3ccccc3)cc3c(c2C1)NC(=O)C3=O.CON. The van der Waals surface area contributed by atoms with Gasteiger partial charge < -0.3 is 35.2 Å². The average Bonchev–Trinajstić information content (AvgIpc) is 3.62. The van der Waals surface area contributed by atoms with E-state index in [1.54, 1.807) is 0 Å². The Morgan fingerprint density at radius 1 is 0.750 bits per heavy atom. The first-order chi connectivity index (χ1) is 25.1. The summed E-state index contributed by atoms with van der Waals surface area (Å²) in [5.74, 6) is 1.88. The van der Waals surface area contributed by atoms with Gasteiger partial charge in [0.05, 0.1) is 24.0 Å². The second-order valence-corrected chi connectivity index (χ2v) is 12.9. The summed E-state index contributed by atoms with van der Waals surface area (Å²) in [4.78, 5) is 60.0. The molecule has 268 valence electrons. The van der Waals surface area contributed by atoms with E-state index in [-0.39, 0.29) is 11.6 Å². The molecule has 0 atom stereocenters. The summed E-state index contributed by atoms with van der Waals surface area (Å²) in [5, 5.41) is 18.2. The number of amides is 2. The molecule has 4 aliphatic rings. The smallest absolute Gasteiger partial charge is 0.344 e. The molecule has 4 heterocycles. The predicted molar refractivity (Wildman–Crippen MR) is 197 cm³/mol. The topological polar surface area (TPSA) is 176 Å². The van der Waals surface area contributed by atoms with E-state index in [0.717, 1.165) is 83.8 Å². The van der Waals surface area contributed by atoms with Crippen LogP contribution in [0.1, 0.15) is 38.2 Å². The molecular formula is C39H40N6O7. The Bertz CT molecular complexity index is 2070. The molecule has 13 heteroatoms. The van der Waals surface area contributed by atoms with Gasteiger partial charge in [0, 0.05) is 31.7 Å². The maximum Gasteiger partial charge on any atom is 0.344 e. The molecule has 0 saturated heterocycles. The summed E-state index contributed by atoms with van der Waals surface area (Å²) in [6, 6.07) is 23.9. The standard InChI is InChI=1S/C20H19N3O4.C18H16N2O2.CH5NO/c1-23-8-7-13-14(12-5-3-2-4-6-12)9-15-18(16(13)10-23)21-20(26)19(15)22-27-11-17(24)25;1-20-8-7-12-13(11-5-3-2-4-6-11)9-14-16(15(12)10-20)19-18(22)17(14)21;1-3-2/h2-6,9H,7-8,10-11H2,1H3,(H,24,25)(H,21,22,26);2-6,9H,7-8,10H2,1H3,(H,19,21,22);2H2,1H3. The van der Waals surface area contributed by atoms with Crippen molar-refractivity contribution >= 4 is 40.7 Å². The van der Waals surface area contributed by atoms with Crippen molar-refractivity contribution in [3.8, 4) is 22.3 Å². The predicted octanol–water partition coefficient (Wildman–Crippen LogP) is 4.08. The zero-order chi connectivity index (χ0) is 36.9. The van der Waals surface area contributed by atoms with Crippen molar-refractivity contribution in [3.63, 3.8) is 0 Å². The Hall–Kier alpha value is -5.73. The van der Waals surface area contributed by atoms with E-state index < -0.39 is 24.3 Å². The summed E-state index contributed by atoms with van der Waals surface area (Å²) < 4.78 is 0. The number of carboxylic acid groups (broad SMARTS) is 1. The van der Waals surface area contributed by atoms with Gasteiger partial charge in [0.15, 0.2) is 5.71 Å². The Morgan fingerprint density at radius 3 is 1.71 bits per heavy atom. The molecule has 0 aromatic heterocycles. The quantitative estimate of drug-likeness (QED) is 0.175. The fraction of sp³-hybridized carbons (Fsp3) is 0.256. The number of fused-ring (bicyclic) bond motifs is 6. The lowest BCUT2D eigenvalue weighted by Gasteiger charge is -2.29. The molecule has 5 N–H and O–H groups in total. The van der Waals surface area contributed by atoms with Gasteiger partial charge >= 0.3 is 5.97 Å². The second-order valence-electron chi connectivity index (χ2n) is 12.9. The third kappa shape index (κ3) is 7.34. The zero-order valence-corrected chi connectivity index (χ0v) is 29.2. The van der Waals surface area contributed by atoms with Gasteiger partial charge in [0.1, 0.15) is 0 Å². The maximum atomic E-state index is 12.4. The van der Waals surface area contributed by atoms with Crippen LogP contribution in [0.4, 0.5) is 11.4 Å². The van der Waals surface area contributed by atoms with E-state index in [4.69, 9.17) is 9.94 Å². The summed E-state index contributed by atoms with van der Waals surface area (Å²) in [7, 11) is 5.51. The van der Waals surface area contributed by atoms with Gasteiger partial charge in [0.2, 0.25) is 6.61 Å². The number of Topliss-reactive ketones (excluding diaryl/α,β-unsaturated/α-hetero) is 1. The van der Waals surface area contributed by atoms with Crippen molar-refractivity contribution < 1.29 is 34.0 Å². The summed E-state index contributed by atoms with van der Waals surface area (Å²) in [6.45, 7) is 2.81. The minimum Gasteiger partial charge on any atom is -0.479 e. The van der Waals surface area contributed by atoms with Crippen LogP contribution in [0.2, 0.25) is 0 Å². The molecular weight excluding hydrogens is 664 g/mol. The van der Waals surface area contributed by atoms with Gasteiger partial charge in [-0.05, 0) is 83.6 Å². The van der Waals surface area contributed by atoms with E-state index in [1.165, 1.54) is 18.2 Å². The Balaban J connectivity index is 0.000000169. The Morgan fingerprint density at radius 2 is 1.21 bits per heavy atom. The lowest BCUT2D eigenvalue weighted by atomic mass is 9.87. The molecule has 0 unspecified atom stereocenters. The van der Waals surface area contributed by atoms with E-state index in [0.29, 0.717) is 11.1 Å². The number of rotatable bonds is 5. The fourth-order valence-electron chi connectivity index (χ4n) is 7.01. The Kier molecular flexibility index (Phi) is 10.9. The van der Waals surface area contributed by atoms with Gasteiger partial charge in [-0.15, -0.1) is 0 Å². The third-order valence-electron chi connectivity index (χ3n) is 9.35. The number of anilines is 2. The largest absolute Gasteiger partial charge is 0.479 e. The number of carbonyl (C=O) groups is 4. The van der Waals surface area contributed by atoms with E-state index in [2.05, 4.69) is 55.5 Å². The minimum atomic E-state index is -1.14. The second kappa shape index (κ2) is 15.7. The Labute approximate surface area is 300 Å². The van der Waals surface area contributed by atoms with Crippen molar-refractivity contribution in [3.05, 3.63) is 106 Å². The molecule has 4 aromatic rings. The van der Waals surface area contributed by atoms with Gasteiger partial charge in [-0.25, -0.2) is 10.7 Å². The molecule has 0 fully saturated rings. The van der Waals surface area contributed by atoms with Crippen LogP contribution in [-0.2, 0) is 50.0 Å². The molecule has 2 amide bonds. The highest BCUT2D eigenvalue weighted by Crippen LogP contribution is 2.41. The molecule has 52 heavy (non-hydrogen) atoms. The number of nitrogens with one attached hydrogen (secondary N) is 2. The normalized spacial score (nSPS) is 16.6. The highest BCUT2D eigenvalue weighted by atomic mass is 16.6. The number of ketones is 1. The first-order valence-electron chi connectivity index (χ1n) is 16.8. The van der Waals surface area contributed by atoms with Crippen molar-refractivity contribution in [2.75, 3.05) is 51.5 Å². The molecule has 4 aliphatic heterocycles. The van der Waals surface area contributed by atoms with Crippen LogP contribution < -0.4 is 16.5 Å². The molecule has 13 nitrogen and oxygen atoms in total. The van der Waals surface area contributed by atoms with Crippen LogP contribution in [0.15, 0.2) is 78.0 Å². The van der Waals surface area contributed by atoms with Crippen LogP contribution in [0.25, 0.3) is 22.3 Å². The number of hydrogen-bond donors (Lipinski definition) is 4. The monoisotopic (exact) mass is 704 g/mol. The van der Waals surface area contributed by atoms with Gasteiger partial charge in [-0.2, -0.15) is 0 Å².